The molecule has 4 aliphatic rings. The van der Waals surface area contributed by atoms with Crippen molar-refractivity contribution in [3.63, 3.8) is 0 Å². The average molecular weight is 373 g/mol. The first-order valence-corrected chi connectivity index (χ1v) is 11.2. The summed E-state index contributed by atoms with van der Waals surface area (Å²) in [5.41, 5.74) is 0.536. The lowest BCUT2D eigenvalue weighted by Gasteiger charge is -2.58. The molecule has 27 heavy (non-hydrogen) atoms. The molecule has 3 fully saturated rings. The van der Waals surface area contributed by atoms with E-state index in [4.69, 9.17) is 5.11 Å². The summed E-state index contributed by atoms with van der Waals surface area (Å²) in [6.07, 6.45) is 13.9. The maximum atomic E-state index is 12.0. The Bertz CT molecular complexity index is 652. The Labute approximate surface area is 164 Å². The Morgan fingerprint density at radius 2 is 2.04 bits per heavy atom. The van der Waals surface area contributed by atoms with E-state index in [-0.39, 0.29) is 5.41 Å². The number of rotatable bonds is 4. The first-order chi connectivity index (χ1) is 12.8. The minimum Gasteiger partial charge on any atom is -0.481 e. The van der Waals surface area contributed by atoms with Gasteiger partial charge in [-0.1, -0.05) is 32.9 Å². The van der Waals surface area contributed by atoms with Crippen LogP contribution in [0.5, 0.6) is 0 Å². The van der Waals surface area contributed by atoms with Crippen molar-refractivity contribution in [2.24, 2.45) is 46.3 Å². The lowest BCUT2D eigenvalue weighted by Crippen LogP contribution is -2.51. The highest BCUT2D eigenvalue weighted by molar-refractivity contribution is 5.79. The van der Waals surface area contributed by atoms with Crippen LogP contribution in [0.1, 0.15) is 78.6 Å². The zero-order valence-electron chi connectivity index (χ0n) is 17.2. The first-order valence-electron chi connectivity index (χ1n) is 11.2. The molecular formula is C24H36O3. The van der Waals surface area contributed by atoms with Gasteiger partial charge in [0.05, 0.1) is 0 Å². The van der Waals surface area contributed by atoms with Crippen LogP contribution in [0, 0.1) is 46.3 Å². The molecule has 0 unspecified atom stereocenters. The highest BCUT2D eigenvalue weighted by Gasteiger charge is 2.58. The third kappa shape index (κ3) is 3.00. The number of fused-ring (bicyclic) bond motifs is 5. The number of carboxylic acids is 1. The van der Waals surface area contributed by atoms with E-state index >= 15 is 0 Å². The summed E-state index contributed by atoms with van der Waals surface area (Å²) in [6, 6.07) is 0. The number of carbonyl (C=O) groups is 2. The molecule has 0 spiro atoms. The third-order valence-electron chi connectivity index (χ3n) is 9.49. The number of allylic oxidation sites excluding steroid dienone is 2. The molecule has 0 aromatic heterocycles. The van der Waals surface area contributed by atoms with Crippen molar-refractivity contribution in [3.8, 4) is 0 Å². The number of aliphatic carboxylic acids is 1. The number of ketones is 1. The Balaban J connectivity index is 1.57. The van der Waals surface area contributed by atoms with Gasteiger partial charge in [0.1, 0.15) is 5.78 Å². The van der Waals surface area contributed by atoms with Gasteiger partial charge in [-0.05, 0) is 84.9 Å². The second kappa shape index (κ2) is 6.74. The number of carbonyl (C=O) groups excluding carboxylic acids is 1. The Hall–Kier alpha value is -1.12. The summed E-state index contributed by atoms with van der Waals surface area (Å²) in [5, 5.41) is 9.08. The molecule has 1 N–H and O–H groups in total. The Kier molecular flexibility index (Phi) is 4.79. The van der Waals surface area contributed by atoms with Gasteiger partial charge in [0.25, 0.3) is 0 Å². The third-order valence-corrected chi connectivity index (χ3v) is 9.49. The van der Waals surface area contributed by atoms with Gasteiger partial charge in [-0.3, -0.25) is 9.59 Å². The summed E-state index contributed by atoms with van der Waals surface area (Å²) >= 11 is 0. The summed E-state index contributed by atoms with van der Waals surface area (Å²) in [7, 11) is 0. The maximum absolute atomic E-state index is 12.0. The molecule has 150 valence electrons. The van der Waals surface area contributed by atoms with Crippen molar-refractivity contribution in [2.45, 2.75) is 78.6 Å². The number of hydrogen-bond donors (Lipinski definition) is 1. The smallest absolute Gasteiger partial charge is 0.303 e. The molecule has 4 aliphatic carbocycles. The van der Waals surface area contributed by atoms with Gasteiger partial charge in [0, 0.05) is 19.3 Å². The van der Waals surface area contributed by atoms with E-state index in [1.807, 2.05) is 0 Å². The predicted octanol–water partition coefficient (Wildman–Crippen LogP) is 5.49. The summed E-state index contributed by atoms with van der Waals surface area (Å²) in [5.74, 6) is 3.60. The summed E-state index contributed by atoms with van der Waals surface area (Å²) in [6.45, 7) is 7.19. The van der Waals surface area contributed by atoms with Crippen molar-refractivity contribution < 1.29 is 14.7 Å². The van der Waals surface area contributed by atoms with Crippen LogP contribution < -0.4 is 0 Å². The van der Waals surface area contributed by atoms with Crippen LogP contribution in [-0.4, -0.2) is 16.9 Å². The normalized spacial score (nSPS) is 47.1. The maximum Gasteiger partial charge on any atom is 0.303 e. The van der Waals surface area contributed by atoms with Crippen molar-refractivity contribution in [2.75, 3.05) is 0 Å². The zero-order chi connectivity index (χ0) is 19.4. The van der Waals surface area contributed by atoms with Crippen molar-refractivity contribution >= 4 is 11.8 Å². The zero-order valence-corrected chi connectivity index (χ0v) is 17.2. The molecule has 3 nitrogen and oxygen atoms in total. The van der Waals surface area contributed by atoms with Gasteiger partial charge >= 0.3 is 5.97 Å². The van der Waals surface area contributed by atoms with Crippen LogP contribution in [-0.2, 0) is 9.59 Å². The van der Waals surface area contributed by atoms with E-state index in [1.54, 1.807) is 0 Å². The van der Waals surface area contributed by atoms with Gasteiger partial charge in [-0.2, -0.15) is 0 Å². The topological polar surface area (TPSA) is 54.4 Å². The van der Waals surface area contributed by atoms with Gasteiger partial charge in [0.2, 0.25) is 0 Å². The molecule has 0 aliphatic heterocycles. The minimum atomic E-state index is -0.668. The standard InChI is InChI=1S/C24H36O3/c1-15(4-9-22(26)27)19-7-8-20-18-6-5-16-14-17(25)10-12-23(16,2)21(18)11-13-24(19,20)3/h11,13,15-16,18-21H,4-10,12,14H2,1-3H3,(H,26,27)/t15-,16-,18+,19-,20+,21+,23+,24-/m1/s1. The first kappa shape index (κ1) is 19.2. The SMILES string of the molecule is C[C@H](CCC(=O)O)[C@H]1CC[C@H]2[C@@H]3CC[C@@H]4CC(=O)CC[C@]4(C)[C@H]3C=C[C@]12C. The van der Waals surface area contributed by atoms with E-state index in [0.717, 1.165) is 37.5 Å². The number of hydrogen-bond acceptors (Lipinski definition) is 2. The molecule has 8 atom stereocenters. The molecule has 0 bridgehead atoms. The van der Waals surface area contributed by atoms with Crippen LogP contribution in [0.25, 0.3) is 0 Å². The number of Topliss-reactive ketones (excluding diaryl/α,β-unsaturated/α-hetero) is 1. The monoisotopic (exact) mass is 372 g/mol. The van der Waals surface area contributed by atoms with Crippen molar-refractivity contribution in [1.82, 2.24) is 0 Å². The second-order valence-electron chi connectivity index (χ2n) is 10.6. The number of carboxylic acid groups (broad SMARTS) is 1. The molecule has 0 radical (unpaired) electrons. The van der Waals surface area contributed by atoms with E-state index < -0.39 is 5.97 Å². The Morgan fingerprint density at radius 1 is 1.26 bits per heavy atom. The van der Waals surface area contributed by atoms with Crippen molar-refractivity contribution in [1.29, 1.82) is 0 Å². The quantitative estimate of drug-likeness (QED) is 0.664. The molecule has 0 saturated heterocycles. The fraction of sp³-hybridized carbons (Fsp3) is 0.833. The van der Waals surface area contributed by atoms with Crippen molar-refractivity contribution in [3.05, 3.63) is 12.2 Å². The molecule has 3 saturated carbocycles. The van der Waals surface area contributed by atoms with Gasteiger partial charge in [-0.25, -0.2) is 0 Å². The Morgan fingerprint density at radius 3 is 2.78 bits per heavy atom. The molecule has 0 aromatic carbocycles. The highest BCUT2D eigenvalue weighted by atomic mass is 16.4. The van der Waals surface area contributed by atoms with E-state index in [0.29, 0.717) is 41.3 Å². The minimum absolute atomic E-state index is 0.229. The van der Waals surface area contributed by atoms with Gasteiger partial charge < -0.3 is 5.11 Å². The second-order valence-corrected chi connectivity index (χ2v) is 10.6. The molecule has 0 heterocycles. The molecule has 3 heteroatoms. The van der Waals surface area contributed by atoms with Gasteiger partial charge in [0.15, 0.2) is 0 Å². The summed E-state index contributed by atoms with van der Waals surface area (Å²) < 4.78 is 0. The molecule has 0 aromatic rings. The van der Waals surface area contributed by atoms with E-state index in [2.05, 4.69) is 32.9 Å². The van der Waals surface area contributed by atoms with Crippen LogP contribution in [0.2, 0.25) is 0 Å². The molecule has 4 rings (SSSR count). The largest absolute Gasteiger partial charge is 0.481 e. The van der Waals surface area contributed by atoms with Crippen LogP contribution in [0.4, 0.5) is 0 Å². The van der Waals surface area contributed by atoms with Crippen LogP contribution in [0.3, 0.4) is 0 Å². The predicted molar refractivity (Wildman–Crippen MR) is 106 cm³/mol. The van der Waals surface area contributed by atoms with Gasteiger partial charge in [-0.15, -0.1) is 0 Å². The van der Waals surface area contributed by atoms with Crippen LogP contribution >= 0.6 is 0 Å². The fourth-order valence-electron chi connectivity index (χ4n) is 7.91. The molecule has 0 amide bonds. The molecular weight excluding hydrogens is 336 g/mol. The fourth-order valence-corrected chi connectivity index (χ4v) is 7.91. The van der Waals surface area contributed by atoms with E-state index in [1.165, 1.54) is 25.7 Å². The van der Waals surface area contributed by atoms with E-state index in [9.17, 15) is 9.59 Å². The highest BCUT2D eigenvalue weighted by Crippen LogP contribution is 2.65. The van der Waals surface area contributed by atoms with Crippen LogP contribution in [0.15, 0.2) is 12.2 Å². The lowest BCUT2D eigenvalue weighted by molar-refractivity contribution is -0.137. The average Bonchev–Trinajstić information content (AvgIpc) is 2.97. The lowest BCUT2D eigenvalue weighted by atomic mass is 9.46. The summed E-state index contributed by atoms with van der Waals surface area (Å²) in [4.78, 5) is 23.0.